The molecule has 136 valence electrons. The van der Waals surface area contributed by atoms with Crippen LogP contribution < -0.4 is 4.90 Å². The number of anilines is 1. The van der Waals surface area contributed by atoms with E-state index in [1.54, 1.807) is 0 Å². The molecule has 5 rings (SSSR count). The van der Waals surface area contributed by atoms with Crippen molar-refractivity contribution in [3.63, 3.8) is 0 Å². The van der Waals surface area contributed by atoms with E-state index in [4.69, 9.17) is 4.74 Å². The van der Waals surface area contributed by atoms with E-state index in [1.165, 1.54) is 58.0 Å². The first-order valence-corrected chi connectivity index (χ1v) is 10.0. The van der Waals surface area contributed by atoms with E-state index < -0.39 is 0 Å². The van der Waals surface area contributed by atoms with Gasteiger partial charge in [-0.25, -0.2) is 4.79 Å². The lowest BCUT2D eigenvalue weighted by Crippen LogP contribution is -2.53. The number of piperidine rings is 3. The summed E-state index contributed by atoms with van der Waals surface area (Å²) < 4.78 is 6.03. The van der Waals surface area contributed by atoms with E-state index in [2.05, 4.69) is 4.90 Å². The molecule has 0 unspecified atom stereocenters. The summed E-state index contributed by atoms with van der Waals surface area (Å²) in [5, 5.41) is 0. The smallest absolute Gasteiger partial charge is 0.414 e. The molecule has 3 heterocycles. The lowest BCUT2D eigenvalue weighted by molar-refractivity contribution is -0.0312. The van der Waals surface area contributed by atoms with Crippen molar-refractivity contribution in [1.29, 1.82) is 0 Å². The van der Waals surface area contributed by atoms with Crippen LogP contribution in [0, 0.1) is 11.8 Å². The average molecular weight is 342 g/mol. The monoisotopic (exact) mass is 342 g/mol. The Kier molecular flexibility index (Phi) is 5.25. The topological polar surface area (TPSA) is 32.8 Å². The van der Waals surface area contributed by atoms with Gasteiger partial charge >= 0.3 is 6.09 Å². The maximum absolute atomic E-state index is 13.0. The highest BCUT2D eigenvalue weighted by Crippen LogP contribution is 2.31. The minimum Gasteiger partial charge on any atom is -0.444 e. The van der Waals surface area contributed by atoms with Crippen LogP contribution in [0.5, 0.6) is 0 Å². The van der Waals surface area contributed by atoms with Crippen molar-refractivity contribution in [3.05, 3.63) is 30.3 Å². The normalized spacial score (nSPS) is 29.4. The van der Waals surface area contributed by atoms with Crippen LogP contribution in [-0.4, -0.2) is 43.3 Å². The highest BCUT2D eigenvalue weighted by molar-refractivity contribution is 5.87. The maximum atomic E-state index is 13.0. The first-order chi connectivity index (χ1) is 12.3. The Labute approximate surface area is 151 Å². The lowest BCUT2D eigenvalue weighted by Gasteiger charge is -2.44. The largest absolute Gasteiger partial charge is 0.444 e. The Balaban J connectivity index is 1.45. The number of hydrogen-bond donors (Lipinski definition) is 0. The van der Waals surface area contributed by atoms with Crippen molar-refractivity contribution in [2.45, 2.75) is 51.0 Å². The van der Waals surface area contributed by atoms with Gasteiger partial charge in [0.25, 0.3) is 0 Å². The van der Waals surface area contributed by atoms with Crippen molar-refractivity contribution >= 4 is 11.8 Å². The summed E-state index contributed by atoms with van der Waals surface area (Å²) in [6.07, 6.45) is 8.67. The first-order valence-electron chi connectivity index (χ1n) is 10.0. The summed E-state index contributed by atoms with van der Waals surface area (Å²) in [6.45, 7) is 4.05. The van der Waals surface area contributed by atoms with Gasteiger partial charge in [-0.3, -0.25) is 9.80 Å². The van der Waals surface area contributed by atoms with Crippen LogP contribution >= 0.6 is 0 Å². The minimum atomic E-state index is -0.143. The molecule has 3 aliphatic heterocycles. The number of carbonyl (C=O) groups is 1. The third-order valence-electron chi connectivity index (χ3n) is 6.30. The number of para-hydroxylation sites is 1. The quantitative estimate of drug-likeness (QED) is 0.818. The highest BCUT2D eigenvalue weighted by atomic mass is 16.6. The van der Waals surface area contributed by atoms with E-state index in [0.29, 0.717) is 11.8 Å². The number of fused-ring (bicyclic) bond motifs is 3. The predicted octanol–water partition coefficient (Wildman–Crippen LogP) is 4.30. The van der Waals surface area contributed by atoms with Crippen molar-refractivity contribution < 1.29 is 9.53 Å². The molecule has 0 aromatic heterocycles. The lowest BCUT2D eigenvalue weighted by atomic mass is 9.86. The minimum absolute atomic E-state index is 0.0765. The van der Waals surface area contributed by atoms with E-state index >= 15 is 0 Å². The molecule has 4 nitrogen and oxygen atoms in total. The Morgan fingerprint density at radius 3 is 2.40 bits per heavy atom. The van der Waals surface area contributed by atoms with Gasteiger partial charge in [-0.1, -0.05) is 37.5 Å². The number of rotatable bonds is 4. The zero-order valence-corrected chi connectivity index (χ0v) is 15.1. The molecule has 0 N–H and O–H groups in total. The summed E-state index contributed by atoms with van der Waals surface area (Å²) >= 11 is 0. The third kappa shape index (κ3) is 4.00. The molecule has 1 aromatic carbocycles. The Morgan fingerprint density at radius 2 is 1.76 bits per heavy atom. The first kappa shape index (κ1) is 16.9. The molecule has 4 heteroatoms. The van der Waals surface area contributed by atoms with Crippen LogP contribution in [0.1, 0.15) is 44.9 Å². The summed E-state index contributed by atoms with van der Waals surface area (Å²) in [5.41, 5.74) is 0.972. The van der Waals surface area contributed by atoms with Gasteiger partial charge in [-0.05, 0) is 62.7 Å². The summed E-state index contributed by atoms with van der Waals surface area (Å²) in [7, 11) is 0. The molecule has 1 aliphatic carbocycles. The Bertz CT molecular complexity index is 563. The second kappa shape index (κ2) is 7.77. The van der Waals surface area contributed by atoms with Crippen LogP contribution in [0.15, 0.2) is 30.3 Å². The maximum Gasteiger partial charge on any atom is 0.414 e. The number of hydrogen-bond acceptors (Lipinski definition) is 3. The van der Waals surface area contributed by atoms with Gasteiger partial charge in [0.15, 0.2) is 0 Å². The van der Waals surface area contributed by atoms with Gasteiger partial charge in [-0.2, -0.15) is 0 Å². The summed E-state index contributed by atoms with van der Waals surface area (Å²) in [6, 6.07) is 10.1. The molecule has 1 saturated carbocycles. The molecule has 1 atom stereocenters. The fourth-order valence-corrected chi connectivity index (χ4v) is 4.76. The van der Waals surface area contributed by atoms with Gasteiger partial charge in [0.2, 0.25) is 0 Å². The van der Waals surface area contributed by atoms with Crippen molar-refractivity contribution in [2.75, 3.05) is 31.1 Å². The number of nitrogens with zero attached hydrogens (tertiary/aromatic N) is 2. The van der Waals surface area contributed by atoms with Crippen molar-refractivity contribution in [2.24, 2.45) is 11.8 Å². The van der Waals surface area contributed by atoms with Gasteiger partial charge in [0.1, 0.15) is 6.10 Å². The molecule has 1 aromatic rings. The third-order valence-corrected chi connectivity index (χ3v) is 6.30. The molecule has 2 bridgehead atoms. The number of amides is 1. The van der Waals surface area contributed by atoms with E-state index in [9.17, 15) is 4.79 Å². The molecule has 4 fully saturated rings. The molecule has 0 spiro atoms. The predicted molar refractivity (Wildman–Crippen MR) is 99.8 cm³/mol. The molecule has 25 heavy (non-hydrogen) atoms. The molecule has 0 radical (unpaired) electrons. The summed E-state index contributed by atoms with van der Waals surface area (Å²) in [5.74, 6) is 1.16. The van der Waals surface area contributed by atoms with E-state index in [1.807, 2.05) is 35.2 Å². The Morgan fingerprint density at radius 1 is 1.04 bits per heavy atom. The zero-order valence-electron chi connectivity index (χ0n) is 15.1. The van der Waals surface area contributed by atoms with Crippen LogP contribution in [0.3, 0.4) is 0 Å². The van der Waals surface area contributed by atoms with Gasteiger partial charge in [-0.15, -0.1) is 0 Å². The number of benzene rings is 1. The van der Waals surface area contributed by atoms with Gasteiger partial charge in [0.05, 0.1) is 0 Å². The second-order valence-corrected chi connectivity index (χ2v) is 8.01. The zero-order chi connectivity index (χ0) is 17.1. The van der Waals surface area contributed by atoms with E-state index in [0.717, 1.165) is 18.8 Å². The van der Waals surface area contributed by atoms with Crippen LogP contribution in [0.2, 0.25) is 0 Å². The summed E-state index contributed by atoms with van der Waals surface area (Å²) in [4.78, 5) is 17.4. The fourth-order valence-electron chi connectivity index (χ4n) is 4.76. The molecular weight excluding hydrogens is 312 g/mol. The van der Waals surface area contributed by atoms with Gasteiger partial charge < -0.3 is 4.74 Å². The Hall–Kier alpha value is -1.55. The molecule has 3 saturated heterocycles. The van der Waals surface area contributed by atoms with Crippen LogP contribution in [0.4, 0.5) is 10.5 Å². The van der Waals surface area contributed by atoms with Gasteiger partial charge in [0, 0.05) is 18.8 Å². The SMILES string of the molecule is O=C(O[C@H]1CN2CCC1CC2)N(CC1CCCCC1)c1ccccc1. The van der Waals surface area contributed by atoms with Crippen molar-refractivity contribution in [3.8, 4) is 0 Å². The van der Waals surface area contributed by atoms with E-state index in [-0.39, 0.29) is 12.2 Å². The van der Waals surface area contributed by atoms with Crippen molar-refractivity contribution in [1.82, 2.24) is 4.90 Å². The number of carbonyl (C=O) groups excluding carboxylic acids is 1. The number of ether oxygens (including phenoxy) is 1. The van der Waals surface area contributed by atoms with Crippen LogP contribution in [0.25, 0.3) is 0 Å². The van der Waals surface area contributed by atoms with Crippen LogP contribution in [-0.2, 0) is 4.74 Å². The standard InChI is InChI=1S/C21H30N2O2/c24-21(25-20-16-22-13-11-18(20)12-14-22)23(19-9-5-2-6-10-19)15-17-7-3-1-4-8-17/h2,5-6,9-10,17-18,20H,1,3-4,7-8,11-16H2/t20-/m0/s1. The fraction of sp³-hybridized carbons (Fsp3) is 0.667. The molecule has 4 aliphatic rings. The second-order valence-electron chi connectivity index (χ2n) is 8.01. The highest BCUT2D eigenvalue weighted by Gasteiger charge is 2.37. The molecular formula is C21H30N2O2. The molecule has 1 amide bonds. The average Bonchev–Trinajstić information content (AvgIpc) is 2.68.